The number of rotatable bonds is 6. The number of hydrogen-bond donors (Lipinski definition) is 2. The smallest absolute Gasteiger partial charge is 0.146 e. The molecule has 2 aromatic rings. The predicted octanol–water partition coefficient (Wildman–Crippen LogP) is 1.22. The van der Waals surface area contributed by atoms with E-state index in [1.165, 1.54) is 12.5 Å². The Bertz CT molecular complexity index is 553. The Labute approximate surface area is 117 Å². The Morgan fingerprint density at radius 2 is 2.25 bits per heavy atom. The van der Waals surface area contributed by atoms with Crippen molar-refractivity contribution in [3.05, 3.63) is 42.0 Å². The second-order valence-electron chi connectivity index (χ2n) is 5.07. The van der Waals surface area contributed by atoms with E-state index in [4.69, 9.17) is 5.84 Å². The molecule has 6 nitrogen and oxygen atoms in total. The summed E-state index contributed by atoms with van der Waals surface area (Å²) >= 11 is 0. The zero-order chi connectivity index (χ0) is 14.5. The first-order valence-corrected chi connectivity index (χ1v) is 6.54. The molecule has 2 heterocycles. The van der Waals surface area contributed by atoms with Crippen molar-refractivity contribution in [2.24, 2.45) is 11.8 Å². The summed E-state index contributed by atoms with van der Waals surface area (Å²) in [4.78, 5) is 7.97. The quantitative estimate of drug-likeness (QED) is 0.613. The Hall–Kier alpha value is -1.86. The molecule has 0 saturated heterocycles. The normalized spacial score (nSPS) is 12.8. The van der Waals surface area contributed by atoms with Crippen LogP contribution in [0.5, 0.6) is 0 Å². The van der Waals surface area contributed by atoms with E-state index >= 15 is 0 Å². The fourth-order valence-corrected chi connectivity index (χ4v) is 2.05. The maximum atomic E-state index is 13.8. The largest absolute Gasteiger partial charge is 0.271 e. The molecule has 2 aromatic heterocycles. The summed E-state index contributed by atoms with van der Waals surface area (Å²) < 4.78 is 15.6. The standard InChI is InChI=1S/C13H19FN6/c1-9(2)7-20-13(17-8-18-20)5-12(19-15)10-3-4-16-6-11(10)14/h3-4,6,8-9,12,19H,5,7,15H2,1-2H3. The van der Waals surface area contributed by atoms with Crippen LogP contribution >= 0.6 is 0 Å². The van der Waals surface area contributed by atoms with Crippen molar-refractivity contribution in [1.29, 1.82) is 0 Å². The molecule has 0 spiro atoms. The summed E-state index contributed by atoms with van der Waals surface area (Å²) in [5, 5.41) is 4.19. The van der Waals surface area contributed by atoms with Crippen LogP contribution in [-0.2, 0) is 13.0 Å². The number of nitrogens with two attached hydrogens (primary N) is 1. The lowest BCUT2D eigenvalue weighted by atomic mass is 10.0. The van der Waals surface area contributed by atoms with Crippen molar-refractivity contribution < 1.29 is 4.39 Å². The van der Waals surface area contributed by atoms with E-state index in [-0.39, 0.29) is 11.9 Å². The van der Waals surface area contributed by atoms with Crippen LogP contribution in [0.2, 0.25) is 0 Å². The highest BCUT2D eigenvalue weighted by Crippen LogP contribution is 2.19. The molecule has 1 unspecified atom stereocenters. The van der Waals surface area contributed by atoms with Gasteiger partial charge in [0.1, 0.15) is 18.0 Å². The molecular weight excluding hydrogens is 259 g/mol. The summed E-state index contributed by atoms with van der Waals surface area (Å²) in [7, 11) is 0. The zero-order valence-electron chi connectivity index (χ0n) is 11.6. The topological polar surface area (TPSA) is 81.7 Å². The fourth-order valence-electron chi connectivity index (χ4n) is 2.05. The maximum absolute atomic E-state index is 13.8. The van der Waals surface area contributed by atoms with Crippen LogP contribution in [0.3, 0.4) is 0 Å². The highest BCUT2D eigenvalue weighted by Gasteiger charge is 2.18. The molecule has 20 heavy (non-hydrogen) atoms. The third-order valence-electron chi connectivity index (χ3n) is 3.00. The number of hydrogen-bond acceptors (Lipinski definition) is 5. The fraction of sp³-hybridized carbons (Fsp3) is 0.462. The van der Waals surface area contributed by atoms with Gasteiger partial charge in [0.2, 0.25) is 0 Å². The van der Waals surface area contributed by atoms with Crippen molar-refractivity contribution in [1.82, 2.24) is 25.2 Å². The first kappa shape index (κ1) is 14.5. The van der Waals surface area contributed by atoms with Crippen LogP contribution in [0.1, 0.15) is 31.3 Å². The van der Waals surface area contributed by atoms with Gasteiger partial charge in [-0.05, 0) is 12.0 Å². The Kier molecular flexibility index (Phi) is 4.75. The average Bonchev–Trinajstić information content (AvgIpc) is 2.83. The number of nitrogens with one attached hydrogen (secondary N) is 1. The summed E-state index contributed by atoms with van der Waals surface area (Å²) in [6.45, 7) is 4.98. The summed E-state index contributed by atoms with van der Waals surface area (Å²) in [6.07, 6.45) is 4.69. The number of pyridine rings is 1. The predicted molar refractivity (Wildman–Crippen MR) is 72.8 cm³/mol. The zero-order valence-corrected chi connectivity index (χ0v) is 11.6. The number of halogens is 1. The molecule has 0 radical (unpaired) electrons. The second-order valence-corrected chi connectivity index (χ2v) is 5.07. The molecule has 0 aromatic carbocycles. The van der Waals surface area contributed by atoms with Crippen molar-refractivity contribution in [3.8, 4) is 0 Å². The molecule has 0 saturated carbocycles. The van der Waals surface area contributed by atoms with Gasteiger partial charge in [-0.25, -0.2) is 14.1 Å². The van der Waals surface area contributed by atoms with E-state index in [9.17, 15) is 4.39 Å². The highest BCUT2D eigenvalue weighted by molar-refractivity contribution is 5.18. The minimum Gasteiger partial charge on any atom is -0.271 e. The van der Waals surface area contributed by atoms with Gasteiger partial charge in [0, 0.05) is 24.7 Å². The maximum Gasteiger partial charge on any atom is 0.146 e. The van der Waals surface area contributed by atoms with Crippen LogP contribution in [0, 0.1) is 11.7 Å². The summed E-state index contributed by atoms with van der Waals surface area (Å²) in [5.74, 6) is 6.39. The second kappa shape index (κ2) is 6.53. The minimum atomic E-state index is -0.384. The molecule has 0 aliphatic rings. The third-order valence-corrected chi connectivity index (χ3v) is 3.00. The van der Waals surface area contributed by atoms with Gasteiger partial charge in [0.25, 0.3) is 0 Å². The van der Waals surface area contributed by atoms with E-state index in [2.05, 4.69) is 34.3 Å². The molecule has 3 N–H and O–H groups in total. The Morgan fingerprint density at radius 3 is 2.90 bits per heavy atom. The number of aromatic nitrogens is 4. The third kappa shape index (κ3) is 3.37. The van der Waals surface area contributed by atoms with E-state index in [0.717, 1.165) is 12.4 Å². The molecule has 1 atom stereocenters. The van der Waals surface area contributed by atoms with Crippen LogP contribution in [0.25, 0.3) is 0 Å². The summed E-state index contributed by atoms with van der Waals surface area (Å²) in [5.41, 5.74) is 3.10. The van der Waals surface area contributed by atoms with Crippen molar-refractivity contribution in [3.63, 3.8) is 0 Å². The van der Waals surface area contributed by atoms with Crippen molar-refractivity contribution in [2.45, 2.75) is 32.9 Å². The molecule has 0 fully saturated rings. The van der Waals surface area contributed by atoms with Gasteiger partial charge in [0.05, 0.1) is 12.2 Å². The number of hydrazine groups is 1. The monoisotopic (exact) mass is 278 g/mol. The van der Waals surface area contributed by atoms with Gasteiger partial charge in [-0.3, -0.25) is 16.3 Å². The lowest BCUT2D eigenvalue weighted by molar-refractivity contribution is 0.440. The van der Waals surface area contributed by atoms with Crippen molar-refractivity contribution >= 4 is 0 Å². The van der Waals surface area contributed by atoms with Gasteiger partial charge in [-0.15, -0.1) is 0 Å². The summed E-state index contributed by atoms with van der Waals surface area (Å²) in [6, 6.07) is 1.25. The SMILES string of the molecule is CC(C)Cn1ncnc1CC(NN)c1ccncc1F. The molecular formula is C13H19FN6. The first-order valence-electron chi connectivity index (χ1n) is 6.54. The van der Waals surface area contributed by atoms with Crippen LogP contribution in [-0.4, -0.2) is 19.7 Å². The van der Waals surface area contributed by atoms with Crippen molar-refractivity contribution in [2.75, 3.05) is 0 Å². The molecule has 7 heteroatoms. The van der Waals surface area contributed by atoms with Crippen LogP contribution in [0.4, 0.5) is 4.39 Å². The Balaban J connectivity index is 2.19. The van der Waals surface area contributed by atoms with Crippen LogP contribution in [0.15, 0.2) is 24.8 Å². The molecule has 0 bridgehead atoms. The molecule has 108 valence electrons. The van der Waals surface area contributed by atoms with E-state index < -0.39 is 0 Å². The van der Waals surface area contributed by atoms with Gasteiger partial charge >= 0.3 is 0 Å². The highest BCUT2D eigenvalue weighted by atomic mass is 19.1. The first-order chi connectivity index (χ1) is 9.61. The lowest BCUT2D eigenvalue weighted by Gasteiger charge is -2.17. The van der Waals surface area contributed by atoms with E-state index in [1.807, 2.05) is 4.68 Å². The Morgan fingerprint density at radius 1 is 1.45 bits per heavy atom. The van der Waals surface area contributed by atoms with Crippen LogP contribution < -0.4 is 11.3 Å². The van der Waals surface area contributed by atoms with E-state index in [1.54, 1.807) is 12.3 Å². The molecule has 0 aliphatic carbocycles. The van der Waals surface area contributed by atoms with Gasteiger partial charge in [0.15, 0.2) is 0 Å². The van der Waals surface area contributed by atoms with Gasteiger partial charge in [-0.2, -0.15) is 5.10 Å². The molecule has 2 rings (SSSR count). The molecule has 0 amide bonds. The van der Waals surface area contributed by atoms with Gasteiger partial charge in [-0.1, -0.05) is 13.8 Å². The number of nitrogens with zero attached hydrogens (tertiary/aromatic N) is 4. The lowest BCUT2D eigenvalue weighted by Crippen LogP contribution is -2.31. The molecule has 0 aliphatic heterocycles. The minimum absolute atomic E-state index is 0.367. The van der Waals surface area contributed by atoms with E-state index in [0.29, 0.717) is 17.9 Å². The van der Waals surface area contributed by atoms with Gasteiger partial charge < -0.3 is 0 Å². The average molecular weight is 278 g/mol.